The van der Waals surface area contributed by atoms with Crippen LogP contribution in [0.15, 0.2) is 41.9 Å². The van der Waals surface area contributed by atoms with Crippen LogP contribution in [0.3, 0.4) is 0 Å². The van der Waals surface area contributed by atoms with Gasteiger partial charge in [-0.05, 0) is 24.3 Å². The molecule has 2 heterocycles. The molecule has 0 saturated carbocycles. The van der Waals surface area contributed by atoms with Gasteiger partial charge in [0, 0.05) is 5.56 Å². The normalized spacial score (nSPS) is 12.3. The van der Waals surface area contributed by atoms with Crippen molar-refractivity contribution in [1.82, 2.24) is 9.97 Å². The fourth-order valence-corrected chi connectivity index (χ4v) is 3.88. The average Bonchev–Trinajstić information content (AvgIpc) is 3.09. The molecule has 2 aromatic heterocycles. The number of alkyl halides is 3. The second-order valence-corrected chi connectivity index (χ2v) is 6.65. The van der Waals surface area contributed by atoms with E-state index in [9.17, 15) is 13.2 Å². The minimum absolute atomic E-state index is 0.651. The molecule has 0 aliphatic heterocycles. The number of nitrogens with zero attached hydrogens (tertiary/aromatic N) is 2. The first-order valence-electron chi connectivity index (χ1n) is 6.32. The Labute approximate surface area is 130 Å². The van der Waals surface area contributed by atoms with E-state index in [1.165, 1.54) is 23.5 Å². The topological polar surface area (TPSA) is 25.8 Å². The molecule has 7 heteroatoms. The first kappa shape index (κ1) is 13.7. The Bertz CT molecular complexity index is 920. The Morgan fingerprint density at radius 3 is 2.36 bits per heavy atom. The third kappa shape index (κ3) is 2.26. The van der Waals surface area contributed by atoms with E-state index in [0.717, 1.165) is 32.6 Å². The predicted octanol–water partition coefficient (Wildman–Crippen LogP) is 5.59. The van der Waals surface area contributed by atoms with Gasteiger partial charge in [-0.2, -0.15) is 13.2 Å². The summed E-state index contributed by atoms with van der Waals surface area (Å²) in [6.07, 6.45) is -4.32. The molecule has 0 spiro atoms. The quantitative estimate of drug-likeness (QED) is 0.453. The maximum absolute atomic E-state index is 12.6. The average molecular weight is 336 g/mol. The molecule has 0 amide bonds. The SMILES string of the molecule is FC(F)(F)c1ccc(-c2nc3cc4scnc4cc3s2)cc1. The molecule has 110 valence electrons. The lowest BCUT2D eigenvalue weighted by atomic mass is 10.1. The van der Waals surface area contributed by atoms with Gasteiger partial charge in [0.05, 0.1) is 31.5 Å². The maximum atomic E-state index is 12.6. The second-order valence-electron chi connectivity index (χ2n) is 4.73. The van der Waals surface area contributed by atoms with E-state index >= 15 is 0 Å². The van der Waals surface area contributed by atoms with Gasteiger partial charge in [-0.25, -0.2) is 9.97 Å². The van der Waals surface area contributed by atoms with Gasteiger partial charge in [-0.1, -0.05) is 12.1 Å². The number of halogens is 3. The highest BCUT2D eigenvalue weighted by atomic mass is 32.1. The monoisotopic (exact) mass is 336 g/mol. The van der Waals surface area contributed by atoms with Crippen LogP contribution >= 0.6 is 22.7 Å². The van der Waals surface area contributed by atoms with Crippen LogP contribution in [-0.2, 0) is 6.18 Å². The minimum atomic E-state index is -4.32. The molecular weight excluding hydrogens is 329 g/mol. The Hall–Kier alpha value is -1.99. The summed E-state index contributed by atoms with van der Waals surface area (Å²) in [6, 6.07) is 9.02. The Morgan fingerprint density at radius 1 is 0.909 bits per heavy atom. The summed E-state index contributed by atoms with van der Waals surface area (Å²) in [6.45, 7) is 0. The number of fused-ring (bicyclic) bond motifs is 2. The van der Waals surface area contributed by atoms with Gasteiger partial charge in [0.1, 0.15) is 5.01 Å². The lowest BCUT2D eigenvalue weighted by Gasteiger charge is -2.06. The van der Waals surface area contributed by atoms with Crippen molar-refractivity contribution in [3.63, 3.8) is 0 Å². The summed E-state index contributed by atoms with van der Waals surface area (Å²) in [5.74, 6) is 0. The van der Waals surface area contributed by atoms with E-state index < -0.39 is 11.7 Å². The molecule has 4 rings (SSSR count). The lowest BCUT2D eigenvalue weighted by Crippen LogP contribution is -2.03. The summed E-state index contributed by atoms with van der Waals surface area (Å²) in [7, 11) is 0. The van der Waals surface area contributed by atoms with E-state index in [1.807, 2.05) is 12.1 Å². The lowest BCUT2D eigenvalue weighted by molar-refractivity contribution is -0.137. The van der Waals surface area contributed by atoms with E-state index in [2.05, 4.69) is 9.97 Å². The highest BCUT2D eigenvalue weighted by Crippen LogP contribution is 2.35. The summed E-state index contributed by atoms with van der Waals surface area (Å²) in [5.41, 5.74) is 3.58. The highest BCUT2D eigenvalue weighted by Gasteiger charge is 2.30. The fourth-order valence-electron chi connectivity index (χ4n) is 2.20. The van der Waals surface area contributed by atoms with Crippen molar-refractivity contribution < 1.29 is 13.2 Å². The number of hydrogen-bond donors (Lipinski definition) is 0. The first-order valence-corrected chi connectivity index (χ1v) is 8.02. The Kier molecular flexibility index (Phi) is 2.95. The zero-order chi connectivity index (χ0) is 15.3. The van der Waals surface area contributed by atoms with Gasteiger partial charge in [-0.3, -0.25) is 0 Å². The second kappa shape index (κ2) is 4.76. The molecular formula is C15H7F3N2S2. The highest BCUT2D eigenvalue weighted by molar-refractivity contribution is 7.22. The number of thiazole rings is 2. The van der Waals surface area contributed by atoms with E-state index in [1.54, 1.807) is 16.8 Å². The molecule has 0 saturated heterocycles. The van der Waals surface area contributed by atoms with Crippen LogP contribution in [-0.4, -0.2) is 9.97 Å². The van der Waals surface area contributed by atoms with Crippen LogP contribution in [0, 0.1) is 0 Å². The zero-order valence-corrected chi connectivity index (χ0v) is 12.5. The smallest absolute Gasteiger partial charge is 0.245 e. The molecule has 0 atom stereocenters. The van der Waals surface area contributed by atoms with Gasteiger partial charge in [0.2, 0.25) is 0 Å². The summed E-state index contributed by atoms with van der Waals surface area (Å²) in [4.78, 5) is 8.78. The van der Waals surface area contributed by atoms with E-state index in [-0.39, 0.29) is 0 Å². The van der Waals surface area contributed by atoms with Crippen molar-refractivity contribution in [1.29, 1.82) is 0 Å². The van der Waals surface area contributed by atoms with Gasteiger partial charge in [0.15, 0.2) is 0 Å². The fraction of sp³-hybridized carbons (Fsp3) is 0.0667. The van der Waals surface area contributed by atoms with Crippen molar-refractivity contribution in [2.45, 2.75) is 6.18 Å². The Morgan fingerprint density at radius 2 is 1.64 bits per heavy atom. The third-order valence-electron chi connectivity index (χ3n) is 3.30. The molecule has 0 bridgehead atoms. The number of rotatable bonds is 1. The summed E-state index contributed by atoms with van der Waals surface area (Å²) >= 11 is 2.99. The molecule has 22 heavy (non-hydrogen) atoms. The number of hydrogen-bond acceptors (Lipinski definition) is 4. The third-order valence-corrected chi connectivity index (χ3v) is 5.16. The standard InChI is InChI=1S/C15H7F3N2S2/c16-15(17,18)9-3-1-8(2-4-9)14-20-11-6-12-10(19-7-21-12)5-13(11)22-14/h1-7H. The molecule has 2 aromatic carbocycles. The maximum Gasteiger partial charge on any atom is 0.416 e. The van der Waals surface area contributed by atoms with Crippen molar-refractivity contribution in [3.8, 4) is 10.6 Å². The minimum Gasteiger partial charge on any atom is -0.245 e. The van der Waals surface area contributed by atoms with Crippen molar-refractivity contribution in [2.24, 2.45) is 0 Å². The van der Waals surface area contributed by atoms with Crippen molar-refractivity contribution in [3.05, 3.63) is 47.5 Å². The number of benzene rings is 2. The van der Waals surface area contributed by atoms with Crippen molar-refractivity contribution >= 4 is 43.1 Å². The van der Waals surface area contributed by atoms with Gasteiger partial charge in [0.25, 0.3) is 0 Å². The van der Waals surface area contributed by atoms with Crippen LogP contribution in [0.5, 0.6) is 0 Å². The molecule has 0 aliphatic carbocycles. The Balaban J connectivity index is 1.80. The van der Waals surface area contributed by atoms with E-state index in [4.69, 9.17) is 0 Å². The van der Waals surface area contributed by atoms with Crippen LogP contribution in [0.1, 0.15) is 5.56 Å². The predicted molar refractivity (Wildman–Crippen MR) is 83.2 cm³/mol. The molecule has 0 aliphatic rings. The zero-order valence-electron chi connectivity index (χ0n) is 10.9. The van der Waals surface area contributed by atoms with Crippen LogP contribution in [0.25, 0.3) is 31.0 Å². The summed E-state index contributed by atoms with van der Waals surface area (Å²) in [5, 5.41) is 0.710. The molecule has 2 nitrogen and oxygen atoms in total. The van der Waals surface area contributed by atoms with Gasteiger partial charge in [-0.15, -0.1) is 22.7 Å². The van der Waals surface area contributed by atoms with Gasteiger partial charge < -0.3 is 0 Å². The largest absolute Gasteiger partial charge is 0.416 e. The van der Waals surface area contributed by atoms with Crippen LogP contribution in [0.4, 0.5) is 13.2 Å². The van der Waals surface area contributed by atoms with Gasteiger partial charge >= 0.3 is 6.18 Å². The summed E-state index contributed by atoms with van der Waals surface area (Å²) < 4.78 is 39.8. The molecule has 0 N–H and O–H groups in total. The van der Waals surface area contributed by atoms with E-state index in [0.29, 0.717) is 10.6 Å². The van der Waals surface area contributed by atoms with Crippen molar-refractivity contribution in [2.75, 3.05) is 0 Å². The molecule has 4 aromatic rings. The molecule has 0 fully saturated rings. The molecule has 0 unspecified atom stereocenters. The van der Waals surface area contributed by atoms with Crippen LogP contribution < -0.4 is 0 Å². The first-order chi connectivity index (χ1) is 10.5. The molecule has 0 radical (unpaired) electrons. The van der Waals surface area contributed by atoms with Crippen LogP contribution in [0.2, 0.25) is 0 Å². The number of aromatic nitrogens is 2.